The second-order valence-corrected chi connectivity index (χ2v) is 6.61. The SMILES string of the molecule is Cc1cc(C)nc(NC(=O)c2cnn3ccc(-c4ccccc4C(F)(F)F)nc23)n1. The number of aromatic nitrogens is 5. The minimum Gasteiger partial charge on any atom is -0.290 e. The van der Waals surface area contributed by atoms with Crippen molar-refractivity contribution in [1.82, 2.24) is 24.6 Å². The van der Waals surface area contributed by atoms with Gasteiger partial charge in [-0.05, 0) is 32.0 Å². The average molecular weight is 412 g/mol. The Bertz CT molecular complexity index is 1240. The van der Waals surface area contributed by atoms with Crippen molar-refractivity contribution in [2.45, 2.75) is 20.0 Å². The number of nitrogens with zero attached hydrogens (tertiary/aromatic N) is 5. The average Bonchev–Trinajstić information content (AvgIpc) is 3.10. The van der Waals surface area contributed by atoms with Crippen LogP contribution in [-0.2, 0) is 6.18 Å². The van der Waals surface area contributed by atoms with E-state index in [2.05, 4.69) is 25.4 Å². The highest BCUT2D eigenvalue weighted by atomic mass is 19.4. The predicted octanol–water partition coefficient (Wildman–Crippen LogP) is 4.07. The highest BCUT2D eigenvalue weighted by Gasteiger charge is 2.33. The molecule has 0 saturated carbocycles. The molecule has 10 heteroatoms. The molecule has 3 aromatic heterocycles. The fraction of sp³-hybridized carbons (Fsp3) is 0.150. The van der Waals surface area contributed by atoms with E-state index in [0.717, 1.165) is 6.07 Å². The fourth-order valence-corrected chi connectivity index (χ4v) is 3.08. The first-order valence-corrected chi connectivity index (χ1v) is 8.87. The second kappa shape index (κ2) is 7.21. The number of benzene rings is 1. The summed E-state index contributed by atoms with van der Waals surface area (Å²) in [4.78, 5) is 25.3. The van der Waals surface area contributed by atoms with Gasteiger partial charge in [-0.2, -0.15) is 18.3 Å². The first-order valence-electron chi connectivity index (χ1n) is 8.87. The normalized spacial score (nSPS) is 11.6. The lowest BCUT2D eigenvalue weighted by Crippen LogP contribution is -2.15. The zero-order valence-corrected chi connectivity index (χ0v) is 15.9. The molecule has 4 aromatic rings. The monoisotopic (exact) mass is 412 g/mol. The summed E-state index contributed by atoms with van der Waals surface area (Å²) in [5, 5.41) is 6.63. The Labute approximate surface area is 168 Å². The maximum atomic E-state index is 13.4. The largest absolute Gasteiger partial charge is 0.417 e. The third-order valence-electron chi connectivity index (χ3n) is 4.33. The summed E-state index contributed by atoms with van der Waals surface area (Å²) in [7, 11) is 0. The Hall–Kier alpha value is -3.82. The zero-order chi connectivity index (χ0) is 21.5. The molecule has 0 spiro atoms. The van der Waals surface area contributed by atoms with Crippen LogP contribution >= 0.6 is 0 Å². The van der Waals surface area contributed by atoms with Gasteiger partial charge in [-0.15, -0.1) is 0 Å². The van der Waals surface area contributed by atoms with Crippen LogP contribution in [0.2, 0.25) is 0 Å². The van der Waals surface area contributed by atoms with E-state index in [9.17, 15) is 18.0 Å². The molecule has 3 heterocycles. The second-order valence-electron chi connectivity index (χ2n) is 6.61. The van der Waals surface area contributed by atoms with Crippen molar-refractivity contribution < 1.29 is 18.0 Å². The molecule has 0 bridgehead atoms. The number of hydrogen-bond donors (Lipinski definition) is 1. The first kappa shape index (κ1) is 19.5. The number of hydrogen-bond acceptors (Lipinski definition) is 5. The number of alkyl halides is 3. The Kier molecular flexibility index (Phi) is 4.69. The Morgan fingerprint density at radius 1 is 1.03 bits per heavy atom. The molecule has 7 nitrogen and oxygen atoms in total. The van der Waals surface area contributed by atoms with Crippen molar-refractivity contribution in [2.75, 3.05) is 5.32 Å². The quantitative estimate of drug-likeness (QED) is 0.548. The molecule has 30 heavy (non-hydrogen) atoms. The number of carbonyl (C=O) groups is 1. The number of halogens is 3. The van der Waals surface area contributed by atoms with Gasteiger partial charge >= 0.3 is 6.18 Å². The van der Waals surface area contributed by atoms with Crippen LogP contribution in [0, 0.1) is 13.8 Å². The van der Waals surface area contributed by atoms with E-state index >= 15 is 0 Å². The van der Waals surface area contributed by atoms with Crippen LogP contribution in [0.3, 0.4) is 0 Å². The van der Waals surface area contributed by atoms with Crippen molar-refractivity contribution in [3.63, 3.8) is 0 Å². The Morgan fingerprint density at radius 3 is 2.43 bits per heavy atom. The maximum Gasteiger partial charge on any atom is 0.417 e. The van der Waals surface area contributed by atoms with E-state index in [-0.39, 0.29) is 28.4 Å². The molecule has 0 unspecified atom stereocenters. The van der Waals surface area contributed by atoms with E-state index in [1.807, 2.05) is 0 Å². The highest BCUT2D eigenvalue weighted by molar-refractivity contribution is 6.07. The number of carbonyl (C=O) groups excluding carboxylic acids is 1. The van der Waals surface area contributed by atoms with Gasteiger partial charge in [-0.1, -0.05) is 18.2 Å². The van der Waals surface area contributed by atoms with Gasteiger partial charge in [0.05, 0.1) is 17.5 Å². The van der Waals surface area contributed by atoms with E-state index in [4.69, 9.17) is 0 Å². The van der Waals surface area contributed by atoms with Crippen LogP contribution < -0.4 is 5.32 Å². The first-order chi connectivity index (χ1) is 14.2. The molecular formula is C20H15F3N6O. The van der Waals surface area contributed by atoms with Crippen LogP contribution in [0.5, 0.6) is 0 Å². The number of aryl methyl sites for hydroxylation is 2. The van der Waals surface area contributed by atoms with Gasteiger partial charge in [0.1, 0.15) is 5.56 Å². The Morgan fingerprint density at radius 2 is 1.73 bits per heavy atom. The standard InChI is InChI=1S/C20H15F3N6O/c1-11-9-12(2)26-19(25-11)28-18(30)14-10-24-29-8-7-16(27-17(14)29)13-5-3-4-6-15(13)20(21,22)23/h3-10H,1-2H3,(H,25,26,28,30). The highest BCUT2D eigenvalue weighted by Crippen LogP contribution is 2.36. The van der Waals surface area contributed by atoms with Crippen LogP contribution in [0.25, 0.3) is 16.9 Å². The lowest BCUT2D eigenvalue weighted by Gasteiger charge is -2.12. The minimum atomic E-state index is -4.54. The van der Waals surface area contributed by atoms with Crippen molar-refractivity contribution in [3.05, 3.63) is 71.3 Å². The van der Waals surface area contributed by atoms with Gasteiger partial charge in [0, 0.05) is 23.1 Å². The van der Waals surface area contributed by atoms with Gasteiger partial charge in [-0.3, -0.25) is 10.1 Å². The third kappa shape index (κ3) is 3.71. The molecule has 1 N–H and O–H groups in total. The summed E-state index contributed by atoms with van der Waals surface area (Å²) in [5.41, 5.74) is 0.750. The molecule has 0 atom stereocenters. The smallest absolute Gasteiger partial charge is 0.290 e. The van der Waals surface area contributed by atoms with Crippen LogP contribution in [0.1, 0.15) is 27.3 Å². The van der Waals surface area contributed by atoms with Gasteiger partial charge in [0.2, 0.25) is 5.95 Å². The molecule has 4 rings (SSSR count). The maximum absolute atomic E-state index is 13.4. The summed E-state index contributed by atoms with van der Waals surface area (Å²) in [6.07, 6.45) is -1.79. The molecular weight excluding hydrogens is 397 g/mol. The number of anilines is 1. The molecule has 0 aliphatic heterocycles. The van der Waals surface area contributed by atoms with Crippen LogP contribution in [0.4, 0.5) is 19.1 Å². The van der Waals surface area contributed by atoms with Crippen molar-refractivity contribution in [1.29, 1.82) is 0 Å². The van der Waals surface area contributed by atoms with Gasteiger partial charge in [0.15, 0.2) is 5.65 Å². The number of nitrogens with one attached hydrogen (secondary N) is 1. The molecule has 152 valence electrons. The fourth-order valence-electron chi connectivity index (χ4n) is 3.08. The topological polar surface area (TPSA) is 85.1 Å². The molecule has 1 aromatic carbocycles. The summed E-state index contributed by atoms with van der Waals surface area (Å²) in [6, 6.07) is 8.31. The molecule has 0 aliphatic rings. The Balaban J connectivity index is 1.75. The van der Waals surface area contributed by atoms with Crippen molar-refractivity contribution in [2.24, 2.45) is 0 Å². The lowest BCUT2D eigenvalue weighted by molar-refractivity contribution is -0.137. The van der Waals surface area contributed by atoms with Crippen LogP contribution in [0.15, 0.2) is 48.8 Å². The predicted molar refractivity (Wildman–Crippen MR) is 103 cm³/mol. The molecule has 0 saturated heterocycles. The number of amides is 1. The summed E-state index contributed by atoms with van der Waals surface area (Å²) in [5.74, 6) is -0.445. The minimum absolute atomic E-state index is 0.0765. The van der Waals surface area contributed by atoms with E-state index in [1.54, 1.807) is 19.9 Å². The van der Waals surface area contributed by atoms with Crippen molar-refractivity contribution >= 4 is 17.5 Å². The molecule has 0 aliphatic carbocycles. The summed E-state index contributed by atoms with van der Waals surface area (Å²) in [6.45, 7) is 3.54. The van der Waals surface area contributed by atoms with Crippen molar-refractivity contribution in [3.8, 4) is 11.3 Å². The molecule has 1 amide bonds. The van der Waals surface area contributed by atoms with E-state index in [1.165, 1.54) is 41.2 Å². The van der Waals surface area contributed by atoms with Gasteiger partial charge in [-0.25, -0.2) is 19.5 Å². The number of rotatable bonds is 3. The summed E-state index contributed by atoms with van der Waals surface area (Å²) < 4.78 is 41.5. The molecule has 0 fully saturated rings. The zero-order valence-electron chi connectivity index (χ0n) is 15.9. The van der Waals surface area contributed by atoms with E-state index < -0.39 is 17.6 Å². The van der Waals surface area contributed by atoms with Gasteiger partial charge < -0.3 is 0 Å². The summed E-state index contributed by atoms with van der Waals surface area (Å²) >= 11 is 0. The molecule has 0 radical (unpaired) electrons. The lowest BCUT2D eigenvalue weighted by atomic mass is 10.0. The van der Waals surface area contributed by atoms with Gasteiger partial charge in [0.25, 0.3) is 5.91 Å². The number of fused-ring (bicyclic) bond motifs is 1. The third-order valence-corrected chi connectivity index (χ3v) is 4.33. The van der Waals surface area contributed by atoms with Crippen LogP contribution in [-0.4, -0.2) is 30.5 Å². The van der Waals surface area contributed by atoms with E-state index in [0.29, 0.717) is 11.4 Å².